The van der Waals surface area contributed by atoms with Crippen LogP contribution in [0.4, 0.5) is 0 Å². The third-order valence-corrected chi connectivity index (χ3v) is 7.28. The fraction of sp³-hybridized carbons (Fsp3) is 1.00. The topological polar surface area (TPSA) is 77.4 Å². The molecule has 0 aromatic rings. The molecule has 0 aromatic carbocycles. The maximum Gasteiger partial charge on any atom is 1.00 e. The van der Waals surface area contributed by atoms with Crippen molar-refractivity contribution in [1.29, 1.82) is 0 Å². The molecule has 176 valence electrons. The predicted octanol–water partition coefficient (Wildman–Crippen LogP) is 4.11. The third kappa shape index (κ3) is 22.7. The number of aliphatic hydroxyl groups is 1. The smallest absolute Gasteiger partial charge is 0.748 e. The fourth-order valence-electron chi connectivity index (χ4n) is 4.00. The van der Waals surface area contributed by atoms with Crippen molar-refractivity contribution in [2.75, 3.05) is 0 Å². The third-order valence-electron chi connectivity index (χ3n) is 5.99. The average molecular weight is 473 g/mol. The molecule has 2 atom stereocenters. The first-order chi connectivity index (χ1) is 13.9. The van der Waals surface area contributed by atoms with Crippen molar-refractivity contribution in [3.63, 3.8) is 0 Å². The normalized spacial score (nSPS) is 13.7. The number of rotatable bonds is 22. The molecule has 0 heterocycles. The summed E-state index contributed by atoms with van der Waals surface area (Å²) >= 11 is 0. The molecular weight excluding hydrogens is 423 g/mol. The molecule has 30 heavy (non-hydrogen) atoms. The van der Waals surface area contributed by atoms with Gasteiger partial charge in [-0.15, -0.1) is 0 Å². The van der Waals surface area contributed by atoms with Crippen molar-refractivity contribution in [2.45, 2.75) is 154 Å². The van der Waals surface area contributed by atoms with Gasteiger partial charge in [-0.3, -0.25) is 0 Å². The van der Waals surface area contributed by atoms with E-state index in [0.29, 0.717) is 25.7 Å². The molecule has 0 rings (SSSR count). The molecule has 0 aliphatic carbocycles. The minimum atomic E-state index is -4.23. The summed E-state index contributed by atoms with van der Waals surface area (Å²) in [7, 11) is -4.23. The molecule has 0 amide bonds. The standard InChI is InChI=1S/C24H50O4S.K/c1-3-5-7-9-11-13-15-17-21-24(29(26,27)28)22-18-20-23(25)19-16-14-12-10-8-6-4-2;/h23-25H,3-22H2,1-2H3,(H,26,27,28);/q;+1/p-1. The molecular formula is C24H49KO4S. The second kappa shape index (κ2) is 23.7. The first-order valence-corrected chi connectivity index (χ1v) is 14.0. The van der Waals surface area contributed by atoms with E-state index in [1.165, 1.54) is 64.2 Å². The molecule has 0 bridgehead atoms. The monoisotopic (exact) mass is 472 g/mol. The number of hydrogen-bond acceptors (Lipinski definition) is 4. The van der Waals surface area contributed by atoms with Gasteiger partial charge >= 0.3 is 51.4 Å². The molecule has 0 fully saturated rings. The van der Waals surface area contributed by atoms with Gasteiger partial charge < -0.3 is 9.66 Å². The largest absolute Gasteiger partial charge is 1.00 e. The first kappa shape index (κ1) is 33.7. The van der Waals surface area contributed by atoms with Gasteiger partial charge in [0.2, 0.25) is 0 Å². The molecule has 1 N–H and O–H groups in total. The molecule has 4 nitrogen and oxygen atoms in total. The Hall–Kier alpha value is 1.51. The Labute approximate surface area is 230 Å². The Morgan fingerprint density at radius 3 is 1.37 bits per heavy atom. The quantitative estimate of drug-likeness (QED) is 0.146. The van der Waals surface area contributed by atoms with Crippen molar-refractivity contribution >= 4 is 10.1 Å². The van der Waals surface area contributed by atoms with E-state index < -0.39 is 15.4 Å². The van der Waals surface area contributed by atoms with Gasteiger partial charge in [0.05, 0.1) is 16.2 Å². The minimum absolute atomic E-state index is 0. The Bertz CT molecular complexity index is 442. The van der Waals surface area contributed by atoms with Crippen LogP contribution in [0.1, 0.15) is 142 Å². The Kier molecular flexibility index (Phi) is 26.6. The summed E-state index contributed by atoms with van der Waals surface area (Å²) in [6, 6.07) is 0. The molecule has 0 aromatic heterocycles. The van der Waals surface area contributed by atoms with Crippen LogP contribution >= 0.6 is 0 Å². The van der Waals surface area contributed by atoms with Crippen LogP contribution in [0.15, 0.2) is 0 Å². The van der Waals surface area contributed by atoms with Crippen LogP contribution in [0, 0.1) is 0 Å². The summed E-state index contributed by atoms with van der Waals surface area (Å²) in [5.41, 5.74) is 0. The van der Waals surface area contributed by atoms with Crippen LogP contribution in [0.2, 0.25) is 0 Å². The predicted molar refractivity (Wildman–Crippen MR) is 123 cm³/mol. The Morgan fingerprint density at radius 1 is 0.600 bits per heavy atom. The summed E-state index contributed by atoms with van der Waals surface area (Å²) < 4.78 is 34.6. The number of unbranched alkanes of at least 4 members (excludes halogenated alkanes) is 13. The van der Waals surface area contributed by atoms with Crippen LogP contribution in [-0.2, 0) is 10.1 Å². The van der Waals surface area contributed by atoms with Crippen LogP contribution in [-0.4, -0.2) is 29.4 Å². The fourth-order valence-corrected chi connectivity index (χ4v) is 4.91. The summed E-state index contributed by atoms with van der Waals surface area (Å²) in [5.74, 6) is 0. The van der Waals surface area contributed by atoms with Crippen LogP contribution in [0.5, 0.6) is 0 Å². The minimum Gasteiger partial charge on any atom is -0.748 e. The van der Waals surface area contributed by atoms with Gasteiger partial charge in [0.1, 0.15) is 0 Å². The Morgan fingerprint density at radius 2 is 0.933 bits per heavy atom. The summed E-state index contributed by atoms with van der Waals surface area (Å²) in [5, 5.41) is 9.34. The molecule has 0 saturated carbocycles. The SMILES string of the molecule is CCCCCCCCCCC(CCCC(O)CCCCCCCCC)S(=O)(=O)[O-].[K+]. The maximum absolute atomic E-state index is 11.5. The van der Waals surface area contributed by atoms with Crippen LogP contribution in [0.3, 0.4) is 0 Å². The van der Waals surface area contributed by atoms with E-state index in [1.807, 2.05) is 0 Å². The van der Waals surface area contributed by atoms with Crippen LogP contribution < -0.4 is 51.4 Å². The van der Waals surface area contributed by atoms with Crippen molar-refractivity contribution in [3.8, 4) is 0 Å². The van der Waals surface area contributed by atoms with Gasteiger partial charge in [0.15, 0.2) is 0 Å². The van der Waals surface area contributed by atoms with Gasteiger partial charge in [-0.05, 0) is 32.1 Å². The molecule has 6 heteroatoms. The second-order valence-electron chi connectivity index (χ2n) is 8.87. The second-order valence-corrected chi connectivity index (χ2v) is 10.5. The van der Waals surface area contributed by atoms with E-state index in [0.717, 1.165) is 38.5 Å². The van der Waals surface area contributed by atoms with E-state index >= 15 is 0 Å². The molecule has 0 radical (unpaired) electrons. The van der Waals surface area contributed by atoms with Crippen molar-refractivity contribution in [3.05, 3.63) is 0 Å². The Balaban J connectivity index is 0. The van der Waals surface area contributed by atoms with Crippen molar-refractivity contribution in [1.82, 2.24) is 0 Å². The van der Waals surface area contributed by atoms with Gasteiger partial charge in [-0.2, -0.15) is 0 Å². The van der Waals surface area contributed by atoms with Gasteiger partial charge in [0.25, 0.3) is 0 Å². The molecule has 0 spiro atoms. The van der Waals surface area contributed by atoms with Crippen molar-refractivity contribution < 1.29 is 69.5 Å². The molecule has 0 saturated heterocycles. The zero-order valence-electron chi connectivity index (χ0n) is 20.4. The maximum atomic E-state index is 11.5. The van der Waals surface area contributed by atoms with Gasteiger partial charge in [-0.1, -0.05) is 110 Å². The summed E-state index contributed by atoms with van der Waals surface area (Å²) in [4.78, 5) is 0. The van der Waals surface area contributed by atoms with Gasteiger partial charge in [0, 0.05) is 5.25 Å². The van der Waals surface area contributed by atoms with E-state index in [-0.39, 0.29) is 57.5 Å². The summed E-state index contributed by atoms with van der Waals surface area (Å²) in [6.07, 6.45) is 20.4. The summed E-state index contributed by atoms with van der Waals surface area (Å²) in [6.45, 7) is 4.42. The number of hydrogen-bond donors (Lipinski definition) is 1. The molecule has 0 aliphatic rings. The number of aliphatic hydroxyl groups excluding tert-OH is 1. The zero-order valence-corrected chi connectivity index (χ0v) is 24.3. The van der Waals surface area contributed by atoms with Crippen LogP contribution in [0.25, 0.3) is 0 Å². The van der Waals surface area contributed by atoms with E-state index in [9.17, 15) is 18.1 Å². The first-order valence-electron chi connectivity index (χ1n) is 12.5. The van der Waals surface area contributed by atoms with E-state index in [1.54, 1.807) is 0 Å². The zero-order chi connectivity index (χ0) is 21.8. The molecule has 0 aliphatic heterocycles. The molecule has 2 unspecified atom stereocenters. The van der Waals surface area contributed by atoms with E-state index in [2.05, 4.69) is 13.8 Å². The van der Waals surface area contributed by atoms with Gasteiger partial charge in [-0.25, -0.2) is 8.42 Å². The van der Waals surface area contributed by atoms with Crippen molar-refractivity contribution in [2.24, 2.45) is 0 Å². The van der Waals surface area contributed by atoms with E-state index in [4.69, 9.17) is 0 Å². The average Bonchev–Trinajstić information content (AvgIpc) is 2.67.